The minimum Gasteiger partial charge on any atom is -0.457 e. The number of hydrogen-bond donors (Lipinski definition) is 2. The molecular weight excluding hydrogens is 460 g/mol. The molecule has 2 aromatic rings. The molecule has 0 saturated carbocycles. The standard InChI is InChI=1S/C24H28N2O9/c1-31-13-11-25-21(27)15-33-23(29)17-3-7-19(8-4-17)35-20-9-5-18(6-10-20)24(30)34-16-22(28)26-12-14-32-2/h3-10H,11-16H2,1-2H3,(H,25,27)(H,26,28). The molecule has 2 N–H and O–H groups in total. The second kappa shape index (κ2) is 15.0. The predicted molar refractivity (Wildman–Crippen MR) is 123 cm³/mol. The van der Waals surface area contributed by atoms with E-state index >= 15 is 0 Å². The normalized spacial score (nSPS) is 10.2. The lowest BCUT2D eigenvalue weighted by molar-refractivity contribution is -0.125. The van der Waals surface area contributed by atoms with Gasteiger partial charge in [0, 0.05) is 27.3 Å². The first-order valence-electron chi connectivity index (χ1n) is 10.7. The average Bonchev–Trinajstić information content (AvgIpc) is 2.87. The lowest BCUT2D eigenvalue weighted by Crippen LogP contribution is -2.31. The summed E-state index contributed by atoms with van der Waals surface area (Å²) in [7, 11) is 3.03. The molecule has 2 rings (SSSR count). The Morgan fingerprint density at radius 2 is 1.00 bits per heavy atom. The van der Waals surface area contributed by atoms with Crippen molar-refractivity contribution in [3.63, 3.8) is 0 Å². The summed E-state index contributed by atoms with van der Waals surface area (Å²) in [5.41, 5.74) is 0.512. The lowest BCUT2D eigenvalue weighted by atomic mass is 10.2. The average molecular weight is 488 g/mol. The van der Waals surface area contributed by atoms with Crippen LogP contribution in [0, 0.1) is 0 Å². The number of benzene rings is 2. The molecule has 0 aliphatic rings. The molecule has 11 nitrogen and oxygen atoms in total. The van der Waals surface area contributed by atoms with E-state index in [0.717, 1.165) is 0 Å². The lowest BCUT2D eigenvalue weighted by Gasteiger charge is -2.09. The summed E-state index contributed by atoms with van der Waals surface area (Å²) in [6.07, 6.45) is 0. The van der Waals surface area contributed by atoms with Gasteiger partial charge in [0.15, 0.2) is 13.2 Å². The van der Waals surface area contributed by atoms with E-state index in [0.29, 0.717) is 37.8 Å². The van der Waals surface area contributed by atoms with Gasteiger partial charge in [-0.15, -0.1) is 0 Å². The van der Waals surface area contributed by atoms with Crippen molar-refractivity contribution >= 4 is 23.8 Å². The number of carbonyl (C=O) groups excluding carboxylic acids is 4. The molecule has 0 fully saturated rings. The maximum absolute atomic E-state index is 12.1. The smallest absolute Gasteiger partial charge is 0.338 e. The van der Waals surface area contributed by atoms with Crippen molar-refractivity contribution in [3.8, 4) is 11.5 Å². The van der Waals surface area contributed by atoms with E-state index in [1.807, 2.05) is 0 Å². The van der Waals surface area contributed by atoms with Gasteiger partial charge in [-0.3, -0.25) is 9.59 Å². The Bertz CT molecular complexity index is 896. The number of rotatable bonds is 14. The van der Waals surface area contributed by atoms with Gasteiger partial charge >= 0.3 is 11.9 Å². The third kappa shape index (κ3) is 10.2. The summed E-state index contributed by atoms with van der Waals surface area (Å²) in [5.74, 6) is -1.24. The van der Waals surface area contributed by atoms with Crippen LogP contribution in [0.1, 0.15) is 20.7 Å². The molecule has 0 saturated heterocycles. The molecule has 11 heteroatoms. The molecule has 188 valence electrons. The first-order chi connectivity index (χ1) is 16.9. The van der Waals surface area contributed by atoms with Crippen molar-refractivity contribution in [1.29, 1.82) is 0 Å². The largest absolute Gasteiger partial charge is 0.457 e. The molecule has 0 aliphatic carbocycles. The van der Waals surface area contributed by atoms with Crippen LogP contribution in [-0.2, 0) is 28.5 Å². The van der Waals surface area contributed by atoms with Gasteiger partial charge in [0.1, 0.15) is 11.5 Å². The molecular formula is C24H28N2O9. The van der Waals surface area contributed by atoms with Crippen LogP contribution in [0.2, 0.25) is 0 Å². The van der Waals surface area contributed by atoms with Crippen LogP contribution in [0.5, 0.6) is 11.5 Å². The van der Waals surface area contributed by atoms with E-state index in [9.17, 15) is 19.2 Å². The van der Waals surface area contributed by atoms with Gasteiger partial charge in [0.25, 0.3) is 11.8 Å². The van der Waals surface area contributed by atoms with Gasteiger partial charge < -0.3 is 34.3 Å². The van der Waals surface area contributed by atoms with Crippen molar-refractivity contribution in [1.82, 2.24) is 10.6 Å². The number of methoxy groups -OCH3 is 2. The van der Waals surface area contributed by atoms with Crippen molar-refractivity contribution in [2.45, 2.75) is 0 Å². The van der Waals surface area contributed by atoms with Gasteiger partial charge in [-0.1, -0.05) is 0 Å². The fourth-order valence-corrected chi connectivity index (χ4v) is 2.57. The summed E-state index contributed by atoms with van der Waals surface area (Å²) in [6.45, 7) is 0.591. The van der Waals surface area contributed by atoms with Crippen LogP contribution in [0.25, 0.3) is 0 Å². The summed E-state index contributed by atoms with van der Waals surface area (Å²) in [4.78, 5) is 47.3. The molecule has 0 aromatic heterocycles. The molecule has 35 heavy (non-hydrogen) atoms. The van der Waals surface area contributed by atoms with E-state index in [2.05, 4.69) is 10.6 Å². The number of amides is 2. The van der Waals surface area contributed by atoms with Crippen molar-refractivity contribution < 1.29 is 42.9 Å². The Morgan fingerprint density at radius 3 is 1.34 bits per heavy atom. The van der Waals surface area contributed by atoms with E-state index in [1.165, 1.54) is 38.5 Å². The highest BCUT2D eigenvalue weighted by atomic mass is 16.5. The Balaban J connectivity index is 1.79. The van der Waals surface area contributed by atoms with E-state index < -0.39 is 37.0 Å². The molecule has 0 heterocycles. The number of hydrogen-bond acceptors (Lipinski definition) is 9. The number of carbonyl (C=O) groups is 4. The van der Waals surface area contributed by atoms with Gasteiger partial charge in [-0.25, -0.2) is 9.59 Å². The molecule has 0 spiro atoms. The number of nitrogens with one attached hydrogen (secondary N) is 2. The minimum absolute atomic E-state index is 0.256. The summed E-state index contributed by atoms with van der Waals surface area (Å²) in [6, 6.07) is 12.3. The highest BCUT2D eigenvalue weighted by molar-refractivity contribution is 5.92. The summed E-state index contributed by atoms with van der Waals surface area (Å²) < 4.78 is 25.3. The maximum Gasteiger partial charge on any atom is 0.338 e. The van der Waals surface area contributed by atoms with E-state index in [1.54, 1.807) is 24.3 Å². The van der Waals surface area contributed by atoms with Gasteiger partial charge in [0.05, 0.1) is 24.3 Å². The fraction of sp³-hybridized carbons (Fsp3) is 0.333. The summed E-state index contributed by atoms with van der Waals surface area (Å²) >= 11 is 0. The third-order valence-corrected chi connectivity index (χ3v) is 4.34. The van der Waals surface area contributed by atoms with Crippen molar-refractivity contribution in [3.05, 3.63) is 59.7 Å². The first kappa shape index (κ1) is 27.3. The monoisotopic (exact) mass is 488 g/mol. The van der Waals surface area contributed by atoms with Crippen LogP contribution in [0.4, 0.5) is 0 Å². The molecule has 0 radical (unpaired) electrons. The van der Waals surface area contributed by atoms with Gasteiger partial charge in [-0.05, 0) is 48.5 Å². The third-order valence-electron chi connectivity index (χ3n) is 4.34. The Morgan fingerprint density at radius 1 is 0.629 bits per heavy atom. The van der Waals surface area contributed by atoms with E-state index in [-0.39, 0.29) is 11.1 Å². The summed E-state index contributed by atoms with van der Waals surface area (Å²) in [5, 5.41) is 5.09. The van der Waals surface area contributed by atoms with Crippen molar-refractivity contribution in [2.24, 2.45) is 0 Å². The second-order valence-electron chi connectivity index (χ2n) is 6.99. The minimum atomic E-state index is -0.645. The highest BCUT2D eigenvalue weighted by Gasteiger charge is 2.12. The molecule has 2 amide bonds. The van der Waals surface area contributed by atoms with Crippen LogP contribution in [0.15, 0.2) is 48.5 Å². The maximum atomic E-state index is 12.1. The first-order valence-corrected chi connectivity index (χ1v) is 10.7. The number of ether oxygens (including phenoxy) is 5. The fourth-order valence-electron chi connectivity index (χ4n) is 2.57. The van der Waals surface area contributed by atoms with Crippen LogP contribution >= 0.6 is 0 Å². The second-order valence-corrected chi connectivity index (χ2v) is 6.99. The Labute approximate surface area is 202 Å². The molecule has 0 unspecified atom stereocenters. The van der Waals surface area contributed by atoms with Crippen molar-refractivity contribution in [2.75, 3.05) is 53.7 Å². The zero-order valence-electron chi connectivity index (χ0n) is 19.5. The topological polar surface area (TPSA) is 138 Å². The molecule has 0 atom stereocenters. The Kier molecular flexibility index (Phi) is 11.7. The molecule has 0 bridgehead atoms. The van der Waals surface area contributed by atoms with Crippen LogP contribution < -0.4 is 15.4 Å². The Hall–Kier alpha value is -3.96. The van der Waals surface area contributed by atoms with Crippen LogP contribution in [-0.4, -0.2) is 77.5 Å². The predicted octanol–water partition coefficient (Wildman–Crippen LogP) is 1.32. The molecule has 2 aromatic carbocycles. The SMILES string of the molecule is COCCNC(=O)COC(=O)c1ccc(Oc2ccc(C(=O)OCC(=O)NCCOC)cc2)cc1. The zero-order valence-corrected chi connectivity index (χ0v) is 19.5. The van der Waals surface area contributed by atoms with Gasteiger partial charge in [-0.2, -0.15) is 0 Å². The zero-order chi connectivity index (χ0) is 25.5. The van der Waals surface area contributed by atoms with Crippen LogP contribution in [0.3, 0.4) is 0 Å². The number of esters is 2. The van der Waals surface area contributed by atoms with Gasteiger partial charge in [0.2, 0.25) is 0 Å². The molecule has 0 aliphatic heterocycles. The highest BCUT2D eigenvalue weighted by Crippen LogP contribution is 2.22. The van der Waals surface area contributed by atoms with E-state index in [4.69, 9.17) is 23.7 Å². The quantitative estimate of drug-likeness (QED) is 0.298.